The number of anilines is 2. The summed E-state index contributed by atoms with van der Waals surface area (Å²) in [5, 5.41) is 0.294. The zero-order valence-corrected chi connectivity index (χ0v) is 16.4. The van der Waals surface area contributed by atoms with Gasteiger partial charge in [-0.2, -0.15) is 0 Å². The van der Waals surface area contributed by atoms with Gasteiger partial charge in [0.1, 0.15) is 23.8 Å². The van der Waals surface area contributed by atoms with Crippen molar-refractivity contribution >= 4 is 29.1 Å². The Morgan fingerprint density at radius 3 is 2.29 bits per heavy atom. The molecule has 4 rings (SSSR count). The second-order valence-electron chi connectivity index (χ2n) is 7.17. The van der Waals surface area contributed by atoms with Gasteiger partial charge in [0.05, 0.1) is 6.42 Å². The van der Waals surface area contributed by atoms with Crippen LogP contribution < -0.4 is 9.80 Å². The van der Waals surface area contributed by atoms with Crippen LogP contribution in [0.15, 0.2) is 30.6 Å². The molecule has 0 radical (unpaired) electrons. The quantitative estimate of drug-likeness (QED) is 0.785. The second-order valence-corrected chi connectivity index (χ2v) is 7.58. The number of rotatable bonds is 4. The monoisotopic (exact) mass is 403 g/mol. The molecule has 0 aliphatic carbocycles. The van der Waals surface area contributed by atoms with Gasteiger partial charge in [-0.1, -0.05) is 17.7 Å². The molecule has 2 aliphatic rings. The fourth-order valence-corrected chi connectivity index (χ4v) is 4.01. The Hall–Kier alpha value is -2.41. The summed E-state index contributed by atoms with van der Waals surface area (Å²) in [7, 11) is 0. The van der Waals surface area contributed by atoms with E-state index in [1.165, 1.54) is 18.9 Å². The van der Waals surface area contributed by atoms with Gasteiger partial charge >= 0.3 is 0 Å². The zero-order valence-electron chi connectivity index (χ0n) is 15.7. The van der Waals surface area contributed by atoms with Crippen LogP contribution >= 0.6 is 11.6 Å². The van der Waals surface area contributed by atoms with Crippen molar-refractivity contribution in [3.63, 3.8) is 0 Å². The fraction of sp³-hybridized carbons (Fsp3) is 0.450. The first kappa shape index (κ1) is 18.9. The van der Waals surface area contributed by atoms with Gasteiger partial charge in [0.25, 0.3) is 0 Å². The summed E-state index contributed by atoms with van der Waals surface area (Å²) in [6.45, 7) is 4.61. The van der Waals surface area contributed by atoms with Gasteiger partial charge in [0.15, 0.2) is 0 Å². The van der Waals surface area contributed by atoms with E-state index in [0.29, 0.717) is 31.2 Å². The van der Waals surface area contributed by atoms with E-state index in [-0.39, 0.29) is 17.9 Å². The van der Waals surface area contributed by atoms with Crippen molar-refractivity contribution in [3.8, 4) is 0 Å². The maximum Gasteiger partial charge on any atom is 0.227 e. The molecule has 3 heterocycles. The Balaban J connectivity index is 1.37. The fourth-order valence-electron chi connectivity index (χ4n) is 3.78. The topological polar surface area (TPSA) is 52.6 Å². The number of hydrogen-bond acceptors (Lipinski definition) is 5. The average Bonchev–Trinajstić information content (AvgIpc) is 3.26. The molecule has 0 saturated carbocycles. The molecule has 2 fully saturated rings. The van der Waals surface area contributed by atoms with Crippen LogP contribution in [0.1, 0.15) is 18.4 Å². The maximum atomic E-state index is 13.9. The number of amides is 1. The Morgan fingerprint density at radius 2 is 1.64 bits per heavy atom. The number of benzene rings is 1. The first-order valence-corrected chi connectivity index (χ1v) is 10.0. The van der Waals surface area contributed by atoms with E-state index in [1.807, 2.05) is 6.07 Å². The van der Waals surface area contributed by atoms with Crippen molar-refractivity contribution in [2.45, 2.75) is 19.3 Å². The van der Waals surface area contributed by atoms with E-state index in [0.717, 1.165) is 24.7 Å². The van der Waals surface area contributed by atoms with Gasteiger partial charge in [0.2, 0.25) is 5.91 Å². The number of piperazine rings is 1. The number of halogens is 2. The molecule has 0 bridgehead atoms. The SMILES string of the molecule is O=C(Cc1c(F)cccc1Cl)N1CCN(c2cc(N3CCCC3)ncn2)CC1. The van der Waals surface area contributed by atoms with Gasteiger partial charge < -0.3 is 14.7 Å². The van der Waals surface area contributed by atoms with Crippen LogP contribution in [0.2, 0.25) is 5.02 Å². The minimum Gasteiger partial charge on any atom is -0.356 e. The Kier molecular flexibility index (Phi) is 5.62. The third kappa shape index (κ3) is 4.04. The van der Waals surface area contributed by atoms with Crippen LogP contribution in [-0.2, 0) is 11.2 Å². The first-order chi connectivity index (χ1) is 13.6. The summed E-state index contributed by atoms with van der Waals surface area (Å²) in [6, 6.07) is 6.52. The minimum absolute atomic E-state index is 0.0158. The lowest BCUT2D eigenvalue weighted by molar-refractivity contribution is -0.130. The molecular formula is C20H23ClFN5O. The highest BCUT2D eigenvalue weighted by Crippen LogP contribution is 2.23. The van der Waals surface area contributed by atoms with Crippen molar-refractivity contribution in [1.29, 1.82) is 0 Å². The van der Waals surface area contributed by atoms with Crippen molar-refractivity contribution in [3.05, 3.63) is 47.0 Å². The number of nitrogens with zero attached hydrogens (tertiary/aromatic N) is 5. The van der Waals surface area contributed by atoms with E-state index >= 15 is 0 Å². The molecule has 2 aliphatic heterocycles. The molecule has 1 aromatic carbocycles. The molecule has 28 heavy (non-hydrogen) atoms. The molecular weight excluding hydrogens is 381 g/mol. The second kappa shape index (κ2) is 8.31. The third-order valence-electron chi connectivity index (χ3n) is 5.41. The van der Waals surface area contributed by atoms with Gasteiger partial charge in [-0.3, -0.25) is 4.79 Å². The zero-order chi connectivity index (χ0) is 19.5. The lowest BCUT2D eigenvalue weighted by Crippen LogP contribution is -2.49. The van der Waals surface area contributed by atoms with Crippen LogP contribution in [0, 0.1) is 5.82 Å². The highest BCUT2D eigenvalue weighted by atomic mass is 35.5. The summed E-state index contributed by atoms with van der Waals surface area (Å²) in [6.07, 6.45) is 4.00. The Labute approximate surface area is 168 Å². The van der Waals surface area contributed by atoms with E-state index in [1.54, 1.807) is 23.4 Å². The van der Waals surface area contributed by atoms with E-state index in [2.05, 4.69) is 19.8 Å². The normalized spacial score (nSPS) is 17.3. The molecule has 0 N–H and O–H groups in total. The highest BCUT2D eigenvalue weighted by molar-refractivity contribution is 6.31. The van der Waals surface area contributed by atoms with Crippen molar-refractivity contribution in [2.75, 3.05) is 49.1 Å². The average molecular weight is 404 g/mol. The molecule has 1 aromatic heterocycles. The number of hydrogen-bond donors (Lipinski definition) is 0. The van der Waals surface area contributed by atoms with Crippen LogP contribution in [-0.4, -0.2) is 60.0 Å². The summed E-state index contributed by atoms with van der Waals surface area (Å²) in [5.41, 5.74) is 0.266. The summed E-state index contributed by atoms with van der Waals surface area (Å²) in [5.74, 6) is 1.32. The standard InChI is InChI=1S/C20H23ClFN5O/c21-16-4-3-5-17(22)15(16)12-20(28)27-10-8-26(9-11-27)19-13-18(23-14-24-19)25-6-1-2-7-25/h3-5,13-14H,1-2,6-12H2. The molecule has 0 unspecified atom stereocenters. The van der Waals surface area contributed by atoms with E-state index in [4.69, 9.17) is 11.6 Å². The van der Waals surface area contributed by atoms with E-state index < -0.39 is 5.82 Å². The largest absolute Gasteiger partial charge is 0.356 e. The Bertz CT molecular complexity index is 830. The predicted molar refractivity (Wildman–Crippen MR) is 107 cm³/mol. The molecule has 0 atom stereocenters. The number of carbonyl (C=O) groups is 1. The van der Waals surface area contributed by atoms with E-state index in [9.17, 15) is 9.18 Å². The van der Waals surface area contributed by atoms with Crippen LogP contribution in [0.5, 0.6) is 0 Å². The number of aromatic nitrogens is 2. The molecule has 0 spiro atoms. The van der Waals surface area contributed by atoms with Crippen LogP contribution in [0.4, 0.5) is 16.0 Å². The molecule has 2 aromatic rings. The molecule has 8 heteroatoms. The molecule has 1 amide bonds. The molecule has 2 saturated heterocycles. The van der Waals surface area contributed by atoms with Gasteiger partial charge in [-0.25, -0.2) is 14.4 Å². The minimum atomic E-state index is -0.435. The maximum absolute atomic E-state index is 13.9. The van der Waals surface area contributed by atoms with Crippen LogP contribution in [0.25, 0.3) is 0 Å². The van der Waals surface area contributed by atoms with Crippen molar-refractivity contribution in [2.24, 2.45) is 0 Å². The third-order valence-corrected chi connectivity index (χ3v) is 5.77. The van der Waals surface area contributed by atoms with Crippen LogP contribution in [0.3, 0.4) is 0 Å². The first-order valence-electron chi connectivity index (χ1n) is 9.64. The smallest absolute Gasteiger partial charge is 0.227 e. The molecule has 148 valence electrons. The summed E-state index contributed by atoms with van der Waals surface area (Å²) in [4.78, 5) is 27.6. The highest BCUT2D eigenvalue weighted by Gasteiger charge is 2.24. The molecule has 6 nitrogen and oxygen atoms in total. The lowest BCUT2D eigenvalue weighted by atomic mass is 10.1. The summed E-state index contributed by atoms with van der Waals surface area (Å²) < 4.78 is 13.9. The Morgan fingerprint density at radius 1 is 1.00 bits per heavy atom. The van der Waals surface area contributed by atoms with Gasteiger partial charge in [-0.15, -0.1) is 0 Å². The predicted octanol–water partition coefficient (Wildman–Crippen LogP) is 2.76. The van der Waals surface area contributed by atoms with Crippen molar-refractivity contribution < 1.29 is 9.18 Å². The lowest BCUT2D eigenvalue weighted by Gasteiger charge is -2.35. The summed E-state index contributed by atoms with van der Waals surface area (Å²) >= 11 is 6.05. The van der Waals surface area contributed by atoms with Gasteiger partial charge in [-0.05, 0) is 25.0 Å². The van der Waals surface area contributed by atoms with Gasteiger partial charge in [0, 0.05) is 55.9 Å². The van der Waals surface area contributed by atoms with Crippen molar-refractivity contribution in [1.82, 2.24) is 14.9 Å². The number of carbonyl (C=O) groups excluding carboxylic acids is 1.